The number of nitrogens with one attached hydrogen (secondary N) is 2. The van der Waals surface area contributed by atoms with Crippen molar-refractivity contribution < 1.29 is 0 Å². The molecule has 2 aromatic rings. The maximum absolute atomic E-state index is 4.44. The number of benzene rings is 1. The fraction of sp³-hybridized carbons (Fsp3) is 0.444. The first-order valence-electron chi connectivity index (χ1n) is 8.69. The van der Waals surface area contributed by atoms with Gasteiger partial charge in [0.05, 0.1) is 0 Å². The third kappa shape index (κ3) is 4.14. The first-order chi connectivity index (χ1) is 11.8. The lowest BCUT2D eigenvalue weighted by Gasteiger charge is -2.35. The van der Waals surface area contributed by atoms with Crippen LogP contribution in [0.4, 0.5) is 23.1 Å². The summed E-state index contributed by atoms with van der Waals surface area (Å²) >= 11 is 0. The van der Waals surface area contributed by atoms with Gasteiger partial charge in [0.2, 0.25) is 5.95 Å². The van der Waals surface area contributed by atoms with Gasteiger partial charge < -0.3 is 20.4 Å². The summed E-state index contributed by atoms with van der Waals surface area (Å²) in [4.78, 5) is 13.6. The summed E-state index contributed by atoms with van der Waals surface area (Å²) in [6.45, 7) is 10.7. The molecule has 0 atom stereocenters. The van der Waals surface area contributed by atoms with Gasteiger partial charge in [-0.1, -0.05) is 6.92 Å². The van der Waals surface area contributed by atoms with Crippen LogP contribution in [0.15, 0.2) is 36.5 Å². The van der Waals surface area contributed by atoms with Crippen LogP contribution < -0.4 is 15.5 Å². The molecule has 3 rings (SSSR count). The molecule has 1 saturated heterocycles. The minimum absolute atomic E-state index is 0.609. The zero-order chi connectivity index (χ0) is 16.8. The van der Waals surface area contributed by atoms with Crippen molar-refractivity contribution in [1.82, 2.24) is 14.9 Å². The maximum atomic E-state index is 4.44. The molecule has 1 aromatic carbocycles. The summed E-state index contributed by atoms with van der Waals surface area (Å²) in [6, 6.07) is 10.4. The molecule has 1 aliphatic heterocycles. The zero-order valence-electron chi connectivity index (χ0n) is 14.5. The molecule has 6 heteroatoms. The van der Waals surface area contributed by atoms with Gasteiger partial charge in [0.1, 0.15) is 5.82 Å². The monoisotopic (exact) mass is 326 g/mol. The Bertz CT molecular complexity index is 634. The van der Waals surface area contributed by atoms with Crippen LogP contribution in [-0.2, 0) is 0 Å². The second-order valence-corrected chi connectivity index (χ2v) is 5.89. The molecule has 0 aliphatic carbocycles. The van der Waals surface area contributed by atoms with Crippen molar-refractivity contribution in [1.29, 1.82) is 0 Å². The SMILES string of the molecule is CCNc1ccnc(Nc2ccc(N3CCN(CC)CC3)cc2)n1. The largest absolute Gasteiger partial charge is 0.370 e. The van der Waals surface area contributed by atoms with Crippen molar-refractivity contribution in [3.8, 4) is 0 Å². The molecule has 0 spiro atoms. The van der Waals surface area contributed by atoms with Crippen LogP contribution in [-0.4, -0.2) is 54.1 Å². The molecule has 1 fully saturated rings. The van der Waals surface area contributed by atoms with Gasteiger partial charge in [-0.05, 0) is 43.8 Å². The van der Waals surface area contributed by atoms with Gasteiger partial charge in [0.15, 0.2) is 0 Å². The van der Waals surface area contributed by atoms with Crippen LogP contribution in [0.1, 0.15) is 13.8 Å². The zero-order valence-corrected chi connectivity index (χ0v) is 14.5. The number of likely N-dealkylation sites (N-methyl/N-ethyl adjacent to an activating group) is 1. The van der Waals surface area contributed by atoms with Crippen LogP contribution in [0, 0.1) is 0 Å². The number of hydrogen-bond donors (Lipinski definition) is 2. The highest BCUT2D eigenvalue weighted by Crippen LogP contribution is 2.21. The number of rotatable bonds is 6. The van der Waals surface area contributed by atoms with Crippen LogP contribution in [0.25, 0.3) is 0 Å². The average molecular weight is 326 g/mol. The van der Waals surface area contributed by atoms with Gasteiger partial charge in [0, 0.05) is 50.3 Å². The quantitative estimate of drug-likeness (QED) is 0.851. The third-order valence-corrected chi connectivity index (χ3v) is 4.32. The summed E-state index contributed by atoms with van der Waals surface area (Å²) in [5.74, 6) is 1.44. The van der Waals surface area contributed by atoms with E-state index >= 15 is 0 Å². The highest BCUT2D eigenvalue weighted by Gasteiger charge is 2.15. The molecule has 1 aromatic heterocycles. The van der Waals surface area contributed by atoms with Gasteiger partial charge in [0.25, 0.3) is 0 Å². The number of nitrogens with zero attached hydrogens (tertiary/aromatic N) is 4. The topological polar surface area (TPSA) is 56.3 Å². The first kappa shape index (κ1) is 16.5. The molecule has 128 valence electrons. The molecule has 24 heavy (non-hydrogen) atoms. The van der Waals surface area contributed by atoms with E-state index in [9.17, 15) is 0 Å². The molecule has 0 radical (unpaired) electrons. The summed E-state index contributed by atoms with van der Waals surface area (Å²) < 4.78 is 0. The van der Waals surface area contributed by atoms with Gasteiger partial charge in [-0.15, -0.1) is 0 Å². The number of aromatic nitrogens is 2. The molecular formula is C18H26N6. The Morgan fingerprint density at radius 2 is 1.75 bits per heavy atom. The van der Waals surface area contributed by atoms with Gasteiger partial charge in [-0.3, -0.25) is 0 Å². The first-order valence-corrected chi connectivity index (χ1v) is 8.69. The molecule has 0 saturated carbocycles. The summed E-state index contributed by atoms with van der Waals surface area (Å²) in [6.07, 6.45) is 1.76. The van der Waals surface area contributed by atoms with E-state index in [1.807, 2.05) is 13.0 Å². The molecule has 2 heterocycles. The highest BCUT2D eigenvalue weighted by molar-refractivity contribution is 5.60. The molecule has 0 bridgehead atoms. The lowest BCUT2D eigenvalue weighted by atomic mass is 10.2. The van der Waals surface area contributed by atoms with Crippen molar-refractivity contribution in [3.05, 3.63) is 36.5 Å². The van der Waals surface area contributed by atoms with Crippen molar-refractivity contribution in [2.45, 2.75) is 13.8 Å². The van der Waals surface area contributed by atoms with Crippen molar-refractivity contribution in [3.63, 3.8) is 0 Å². The molecule has 0 unspecified atom stereocenters. The summed E-state index contributed by atoms with van der Waals surface area (Å²) in [5.41, 5.74) is 2.28. The third-order valence-electron chi connectivity index (χ3n) is 4.32. The second kappa shape index (κ2) is 7.97. The summed E-state index contributed by atoms with van der Waals surface area (Å²) in [7, 11) is 0. The van der Waals surface area contributed by atoms with E-state index in [1.54, 1.807) is 6.20 Å². The van der Waals surface area contributed by atoms with Crippen molar-refractivity contribution >= 4 is 23.1 Å². The number of piperazine rings is 1. The van der Waals surface area contributed by atoms with Crippen LogP contribution in [0.5, 0.6) is 0 Å². The lowest BCUT2D eigenvalue weighted by molar-refractivity contribution is 0.271. The highest BCUT2D eigenvalue weighted by atomic mass is 15.3. The predicted molar refractivity (Wildman–Crippen MR) is 100 cm³/mol. The smallest absolute Gasteiger partial charge is 0.229 e. The number of anilines is 4. The minimum Gasteiger partial charge on any atom is -0.370 e. The standard InChI is InChI=1S/C18H26N6/c1-3-19-17-9-10-20-18(22-17)21-15-5-7-16(8-6-15)24-13-11-23(4-2)12-14-24/h5-10H,3-4,11-14H2,1-2H3,(H2,19,20,21,22). The molecule has 2 N–H and O–H groups in total. The van der Waals surface area contributed by atoms with Crippen LogP contribution in [0.2, 0.25) is 0 Å². The molecule has 6 nitrogen and oxygen atoms in total. The Morgan fingerprint density at radius 3 is 2.42 bits per heavy atom. The van der Waals surface area contributed by atoms with Gasteiger partial charge in [-0.2, -0.15) is 4.98 Å². The summed E-state index contributed by atoms with van der Waals surface area (Å²) in [5, 5.41) is 6.45. The Hall–Kier alpha value is -2.34. The van der Waals surface area contributed by atoms with E-state index in [1.165, 1.54) is 5.69 Å². The predicted octanol–water partition coefficient (Wildman–Crippen LogP) is 2.79. The fourth-order valence-corrected chi connectivity index (χ4v) is 2.91. The van der Waals surface area contributed by atoms with Crippen LogP contribution >= 0.6 is 0 Å². The Balaban J connectivity index is 1.61. The van der Waals surface area contributed by atoms with E-state index in [-0.39, 0.29) is 0 Å². The Kier molecular flexibility index (Phi) is 5.48. The Labute approximate surface area is 143 Å². The molecule has 0 amide bonds. The number of hydrogen-bond acceptors (Lipinski definition) is 6. The van der Waals surface area contributed by atoms with Gasteiger partial charge in [-0.25, -0.2) is 4.98 Å². The Morgan fingerprint density at radius 1 is 1.00 bits per heavy atom. The maximum Gasteiger partial charge on any atom is 0.229 e. The molecule has 1 aliphatic rings. The fourth-order valence-electron chi connectivity index (χ4n) is 2.91. The average Bonchev–Trinajstić information content (AvgIpc) is 2.63. The van der Waals surface area contributed by atoms with Crippen molar-refractivity contribution in [2.75, 3.05) is 54.8 Å². The van der Waals surface area contributed by atoms with E-state index in [0.717, 1.165) is 50.8 Å². The minimum atomic E-state index is 0.609. The second-order valence-electron chi connectivity index (χ2n) is 5.89. The van der Waals surface area contributed by atoms with Crippen LogP contribution in [0.3, 0.4) is 0 Å². The van der Waals surface area contributed by atoms with E-state index in [4.69, 9.17) is 0 Å². The van der Waals surface area contributed by atoms with E-state index < -0.39 is 0 Å². The normalized spacial score (nSPS) is 15.3. The lowest BCUT2D eigenvalue weighted by Crippen LogP contribution is -2.46. The van der Waals surface area contributed by atoms with Crippen molar-refractivity contribution in [2.24, 2.45) is 0 Å². The molecular weight excluding hydrogens is 300 g/mol. The van der Waals surface area contributed by atoms with E-state index in [0.29, 0.717) is 5.95 Å². The van der Waals surface area contributed by atoms with Gasteiger partial charge >= 0.3 is 0 Å². The van der Waals surface area contributed by atoms with E-state index in [2.05, 4.69) is 61.6 Å².